The molecule has 2 N–H and O–H groups in total. The number of hydrogen-bond donors (Lipinski definition) is 2. The summed E-state index contributed by atoms with van der Waals surface area (Å²) in [5.74, 6) is 0.739. The van der Waals surface area contributed by atoms with Crippen LogP contribution in [-0.4, -0.2) is 42.5 Å². The van der Waals surface area contributed by atoms with Crippen LogP contribution in [0.15, 0.2) is 72.8 Å². The molecule has 8 heteroatoms. The van der Waals surface area contributed by atoms with Gasteiger partial charge in [0.05, 0.1) is 13.7 Å². The maximum absolute atomic E-state index is 13.0. The molecule has 1 saturated heterocycles. The summed E-state index contributed by atoms with van der Waals surface area (Å²) in [6, 6.07) is 20.2. The second-order valence-corrected chi connectivity index (χ2v) is 8.13. The maximum Gasteiger partial charge on any atom is 0.304 e. The normalized spacial score (nSPS) is 18.4. The Kier molecular flexibility index (Phi) is 7.13. The number of rotatable bonds is 7. The highest BCUT2D eigenvalue weighted by Gasteiger charge is 2.47. The smallest absolute Gasteiger partial charge is 0.304 e. The van der Waals surface area contributed by atoms with Crippen molar-refractivity contribution in [2.45, 2.75) is 19.0 Å². The minimum Gasteiger partial charge on any atom is -0.497 e. The third-order valence-electron chi connectivity index (χ3n) is 5.47. The van der Waals surface area contributed by atoms with Gasteiger partial charge in [-0.2, -0.15) is 0 Å². The zero-order chi connectivity index (χ0) is 24.1. The molecule has 0 unspecified atom stereocenters. The first-order chi connectivity index (χ1) is 16.5. The van der Waals surface area contributed by atoms with Crippen molar-refractivity contribution in [3.8, 4) is 11.5 Å². The number of benzene rings is 3. The molecule has 34 heavy (non-hydrogen) atoms. The van der Waals surface area contributed by atoms with E-state index in [0.29, 0.717) is 22.9 Å². The van der Waals surface area contributed by atoms with Crippen LogP contribution in [0.3, 0.4) is 0 Å². The Labute approximate surface area is 202 Å². The van der Waals surface area contributed by atoms with Gasteiger partial charge in [-0.3, -0.25) is 9.59 Å². The zero-order valence-corrected chi connectivity index (χ0v) is 19.6. The molecule has 3 aromatic carbocycles. The van der Waals surface area contributed by atoms with E-state index in [0.717, 1.165) is 16.9 Å². The first-order valence-electron chi connectivity index (χ1n) is 10.9. The SMILES string of the molecule is CCOc1ccc(/C=[N+]2\NC(=O)[C@@H](NC(=O)c3ccc(OC)cc3)[C@@H]2c2ccc(Cl)cc2)cc1. The number of carbonyl (C=O) groups excluding carboxylic acids is 2. The van der Waals surface area contributed by atoms with Gasteiger partial charge in [0.15, 0.2) is 6.04 Å². The molecule has 3 aromatic rings. The summed E-state index contributed by atoms with van der Waals surface area (Å²) in [5, 5.41) is 3.47. The minimum atomic E-state index is -0.824. The number of hydrogen-bond acceptors (Lipinski definition) is 4. The van der Waals surface area contributed by atoms with Crippen LogP contribution < -0.4 is 20.2 Å². The Morgan fingerprint density at radius 1 is 1.03 bits per heavy atom. The molecule has 1 heterocycles. The van der Waals surface area contributed by atoms with Gasteiger partial charge in [0, 0.05) is 21.7 Å². The third kappa shape index (κ3) is 5.21. The van der Waals surface area contributed by atoms with Crippen LogP contribution in [0.4, 0.5) is 0 Å². The maximum atomic E-state index is 13.0. The largest absolute Gasteiger partial charge is 0.497 e. The molecular weight excluding hydrogens is 454 g/mol. The number of carbonyl (C=O) groups is 2. The predicted molar refractivity (Wildman–Crippen MR) is 130 cm³/mol. The van der Waals surface area contributed by atoms with Gasteiger partial charge >= 0.3 is 5.91 Å². The lowest BCUT2D eigenvalue weighted by Crippen LogP contribution is -2.42. The van der Waals surface area contributed by atoms with Gasteiger partial charge in [0.1, 0.15) is 11.5 Å². The van der Waals surface area contributed by atoms with E-state index in [2.05, 4.69) is 10.7 Å². The molecule has 1 fully saturated rings. The van der Waals surface area contributed by atoms with Gasteiger partial charge in [-0.1, -0.05) is 23.7 Å². The molecule has 0 bridgehead atoms. The van der Waals surface area contributed by atoms with Gasteiger partial charge in [0.2, 0.25) is 12.3 Å². The van der Waals surface area contributed by atoms with Crippen LogP contribution in [0, 0.1) is 0 Å². The molecule has 0 spiro atoms. The number of halogens is 1. The number of methoxy groups -OCH3 is 1. The van der Waals surface area contributed by atoms with E-state index in [1.807, 2.05) is 49.5 Å². The van der Waals surface area contributed by atoms with Crippen molar-refractivity contribution in [3.63, 3.8) is 0 Å². The lowest BCUT2D eigenvalue weighted by atomic mass is 9.99. The molecule has 0 radical (unpaired) electrons. The Bertz CT molecular complexity index is 1190. The van der Waals surface area contributed by atoms with E-state index in [1.54, 1.807) is 48.2 Å². The van der Waals surface area contributed by atoms with Gasteiger partial charge in [-0.25, -0.2) is 0 Å². The van der Waals surface area contributed by atoms with E-state index in [1.165, 1.54) is 0 Å². The van der Waals surface area contributed by atoms with Crippen molar-refractivity contribution in [2.24, 2.45) is 0 Å². The lowest BCUT2D eigenvalue weighted by molar-refractivity contribution is -0.596. The lowest BCUT2D eigenvalue weighted by Gasteiger charge is -2.15. The molecule has 1 aliphatic rings. The fourth-order valence-corrected chi connectivity index (χ4v) is 3.91. The second kappa shape index (κ2) is 10.4. The van der Waals surface area contributed by atoms with E-state index in [9.17, 15) is 9.59 Å². The number of hydrazone groups is 1. The van der Waals surface area contributed by atoms with E-state index in [-0.39, 0.29) is 11.8 Å². The molecule has 4 rings (SSSR count). The zero-order valence-electron chi connectivity index (χ0n) is 18.8. The average Bonchev–Trinajstić information content (AvgIpc) is 3.15. The van der Waals surface area contributed by atoms with Crippen molar-refractivity contribution in [1.82, 2.24) is 10.7 Å². The Morgan fingerprint density at radius 3 is 2.29 bits per heavy atom. The van der Waals surface area contributed by atoms with E-state index < -0.39 is 12.1 Å². The van der Waals surface area contributed by atoms with Gasteiger partial charge in [-0.15, -0.1) is 10.1 Å². The van der Waals surface area contributed by atoms with Crippen LogP contribution >= 0.6 is 11.6 Å². The quantitative estimate of drug-likeness (QED) is 0.507. The van der Waals surface area contributed by atoms with Crippen LogP contribution in [0.1, 0.15) is 34.5 Å². The predicted octanol–water partition coefficient (Wildman–Crippen LogP) is 3.76. The number of amides is 2. The Morgan fingerprint density at radius 2 is 1.68 bits per heavy atom. The molecular formula is C26H25ClN3O4+. The summed E-state index contributed by atoms with van der Waals surface area (Å²) in [7, 11) is 1.56. The van der Waals surface area contributed by atoms with E-state index >= 15 is 0 Å². The standard InChI is InChI=1S/C26H24ClN3O4/c1-3-34-22-12-4-17(5-13-22)16-30-24(18-6-10-20(27)11-7-18)23(26(32)29-30)28-25(31)19-8-14-21(33-2)15-9-19/h4-16,23-24H,3H2,1-2H3,(H-,28,29,31,32)/p+1/b30-16-/t23-,24-/m0/s1. The first-order valence-corrected chi connectivity index (χ1v) is 11.2. The molecule has 0 aliphatic carbocycles. The van der Waals surface area contributed by atoms with Crippen molar-refractivity contribution >= 4 is 29.6 Å². The second-order valence-electron chi connectivity index (χ2n) is 7.69. The number of ether oxygens (including phenoxy) is 2. The summed E-state index contributed by atoms with van der Waals surface area (Å²) >= 11 is 6.08. The highest BCUT2D eigenvalue weighted by Crippen LogP contribution is 2.27. The first kappa shape index (κ1) is 23.3. The fourth-order valence-electron chi connectivity index (χ4n) is 3.78. The summed E-state index contributed by atoms with van der Waals surface area (Å²) in [5.41, 5.74) is 4.99. The Balaban J connectivity index is 1.65. The minimum absolute atomic E-state index is 0.316. The van der Waals surface area contributed by atoms with Crippen molar-refractivity contribution < 1.29 is 23.7 Å². The average molecular weight is 479 g/mol. The topological polar surface area (TPSA) is 79.7 Å². The molecule has 174 valence electrons. The van der Waals surface area contributed by atoms with E-state index in [4.69, 9.17) is 21.1 Å². The van der Waals surface area contributed by atoms with Crippen molar-refractivity contribution in [3.05, 3.63) is 94.5 Å². The van der Waals surface area contributed by atoms with Gasteiger partial charge < -0.3 is 14.8 Å². The van der Waals surface area contributed by atoms with Crippen molar-refractivity contribution in [2.75, 3.05) is 13.7 Å². The van der Waals surface area contributed by atoms with Gasteiger partial charge in [-0.05, 0) is 67.6 Å². The monoisotopic (exact) mass is 478 g/mol. The van der Waals surface area contributed by atoms with Crippen LogP contribution in [-0.2, 0) is 4.79 Å². The summed E-state index contributed by atoms with van der Waals surface area (Å²) in [6.45, 7) is 2.51. The number of hydrazine groups is 1. The summed E-state index contributed by atoms with van der Waals surface area (Å²) in [6.07, 6.45) is 1.83. The fraction of sp³-hybridized carbons (Fsp3) is 0.192. The van der Waals surface area contributed by atoms with Crippen LogP contribution in [0.2, 0.25) is 5.02 Å². The summed E-state index contributed by atoms with van der Waals surface area (Å²) < 4.78 is 12.4. The van der Waals surface area contributed by atoms with Crippen LogP contribution in [0.25, 0.3) is 0 Å². The molecule has 1 aliphatic heterocycles. The Hall–Kier alpha value is -3.84. The molecule has 2 atom stereocenters. The molecule has 0 saturated carbocycles. The molecule has 0 aromatic heterocycles. The summed E-state index contributed by atoms with van der Waals surface area (Å²) in [4.78, 5) is 25.9. The van der Waals surface area contributed by atoms with Crippen molar-refractivity contribution in [1.29, 1.82) is 0 Å². The molecule has 7 nitrogen and oxygen atoms in total. The highest BCUT2D eigenvalue weighted by atomic mass is 35.5. The number of nitrogens with zero attached hydrogens (tertiary/aromatic N) is 1. The highest BCUT2D eigenvalue weighted by molar-refractivity contribution is 6.30. The van der Waals surface area contributed by atoms with Gasteiger partial charge in [0.25, 0.3) is 5.91 Å². The number of nitrogens with one attached hydrogen (secondary N) is 2. The third-order valence-corrected chi connectivity index (χ3v) is 5.72. The van der Waals surface area contributed by atoms with Crippen LogP contribution in [0.5, 0.6) is 11.5 Å². The molecule has 2 amide bonds.